The molecule has 10 heteroatoms. The highest BCUT2D eigenvalue weighted by Gasteiger charge is 2.45. The highest BCUT2D eigenvalue weighted by molar-refractivity contribution is 6.30. The Labute approximate surface area is 255 Å². The van der Waals surface area contributed by atoms with Crippen LogP contribution in [0, 0.1) is 11.2 Å². The lowest BCUT2D eigenvalue weighted by Crippen LogP contribution is -2.54. The Kier molecular flexibility index (Phi) is 8.00. The molecule has 1 N–H and O–H groups in total. The molecule has 43 heavy (non-hydrogen) atoms. The number of halogens is 2. The molecule has 2 aromatic rings. The van der Waals surface area contributed by atoms with Crippen LogP contribution in [0.2, 0.25) is 5.02 Å². The van der Waals surface area contributed by atoms with Gasteiger partial charge in [-0.15, -0.1) is 0 Å². The number of amides is 4. The van der Waals surface area contributed by atoms with E-state index in [0.717, 1.165) is 68.0 Å². The monoisotopic (exact) mass is 606 g/mol. The van der Waals surface area contributed by atoms with Crippen molar-refractivity contribution in [3.05, 3.63) is 75.1 Å². The number of carbonyl (C=O) groups is 4. The number of rotatable bonds is 6. The molecule has 0 radical (unpaired) electrons. The van der Waals surface area contributed by atoms with Crippen LogP contribution in [0.25, 0.3) is 5.57 Å². The number of piperazine rings is 1. The maximum atomic E-state index is 15.2. The van der Waals surface area contributed by atoms with Crippen LogP contribution >= 0.6 is 11.6 Å². The molecule has 8 nitrogen and oxygen atoms in total. The molecule has 6 rings (SSSR count). The maximum absolute atomic E-state index is 15.2. The number of imide groups is 2. The highest BCUT2D eigenvalue weighted by atomic mass is 35.5. The third kappa shape index (κ3) is 6.03. The molecular weight excluding hydrogens is 571 g/mol. The SMILES string of the molecule is CC1(C)CCC(CN2CCN(Cc3cc4c(cc3F)C(=O)N(C3CCC(=O)NC3=O)C4=O)CC2)=C(c2ccc(Cl)cc2)C1. The van der Waals surface area contributed by atoms with Crippen LogP contribution < -0.4 is 5.32 Å². The molecule has 4 amide bonds. The van der Waals surface area contributed by atoms with Crippen LogP contribution in [-0.2, 0) is 16.1 Å². The van der Waals surface area contributed by atoms with Crippen molar-refractivity contribution in [3.8, 4) is 0 Å². The molecule has 3 aliphatic heterocycles. The molecule has 0 aromatic heterocycles. The molecule has 0 saturated carbocycles. The van der Waals surface area contributed by atoms with Crippen molar-refractivity contribution in [1.29, 1.82) is 0 Å². The second-order valence-corrected chi connectivity index (χ2v) is 13.4. The van der Waals surface area contributed by atoms with Crippen molar-refractivity contribution >= 4 is 40.8 Å². The largest absolute Gasteiger partial charge is 0.297 e. The van der Waals surface area contributed by atoms with E-state index in [1.54, 1.807) is 0 Å². The van der Waals surface area contributed by atoms with Crippen LogP contribution in [-0.4, -0.2) is 77.1 Å². The van der Waals surface area contributed by atoms with Gasteiger partial charge in [0.2, 0.25) is 11.8 Å². The van der Waals surface area contributed by atoms with Crippen LogP contribution in [0.5, 0.6) is 0 Å². The van der Waals surface area contributed by atoms with E-state index in [-0.39, 0.29) is 29.4 Å². The molecular formula is C33H36ClFN4O4. The Balaban J connectivity index is 1.11. The Hall–Kier alpha value is -3.40. The van der Waals surface area contributed by atoms with Gasteiger partial charge in [-0.2, -0.15) is 0 Å². The van der Waals surface area contributed by atoms with E-state index in [0.29, 0.717) is 12.1 Å². The number of nitrogens with zero attached hydrogens (tertiary/aromatic N) is 3. The first-order valence-corrected chi connectivity index (χ1v) is 15.3. The minimum absolute atomic E-state index is 0.0348. The minimum atomic E-state index is -1.07. The summed E-state index contributed by atoms with van der Waals surface area (Å²) in [5.74, 6) is -2.99. The Morgan fingerprint density at radius 2 is 1.53 bits per heavy atom. The topological polar surface area (TPSA) is 90.0 Å². The predicted octanol–water partition coefficient (Wildman–Crippen LogP) is 4.66. The van der Waals surface area contributed by atoms with Gasteiger partial charge in [-0.1, -0.05) is 43.2 Å². The number of piperidine rings is 1. The van der Waals surface area contributed by atoms with Gasteiger partial charge < -0.3 is 0 Å². The highest BCUT2D eigenvalue weighted by Crippen LogP contribution is 2.43. The van der Waals surface area contributed by atoms with E-state index in [4.69, 9.17) is 11.6 Å². The lowest BCUT2D eigenvalue weighted by atomic mass is 9.72. The summed E-state index contributed by atoms with van der Waals surface area (Å²) in [5, 5.41) is 2.92. The van der Waals surface area contributed by atoms with Crippen molar-refractivity contribution in [2.75, 3.05) is 32.7 Å². The molecule has 2 aromatic carbocycles. The molecule has 2 saturated heterocycles. The van der Waals surface area contributed by atoms with Gasteiger partial charge >= 0.3 is 0 Å². The Morgan fingerprint density at radius 3 is 2.19 bits per heavy atom. The Morgan fingerprint density at radius 1 is 0.907 bits per heavy atom. The fraction of sp³-hybridized carbons (Fsp3) is 0.455. The average molecular weight is 607 g/mol. The molecule has 1 aliphatic carbocycles. The second kappa shape index (κ2) is 11.6. The van der Waals surface area contributed by atoms with Crippen molar-refractivity contribution in [1.82, 2.24) is 20.0 Å². The molecule has 1 unspecified atom stereocenters. The second-order valence-electron chi connectivity index (χ2n) is 12.9. The molecule has 226 valence electrons. The number of hydrogen-bond donors (Lipinski definition) is 1. The third-order valence-corrected chi connectivity index (χ3v) is 9.51. The third-order valence-electron chi connectivity index (χ3n) is 9.26. The number of benzene rings is 2. The van der Waals surface area contributed by atoms with Gasteiger partial charge in [-0.3, -0.25) is 39.2 Å². The quantitative estimate of drug-likeness (QED) is 0.481. The van der Waals surface area contributed by atoms with E-state index in [9.17, 15) is 19.2 Å². The number of hydrogen-bond acceptors (Lipinski definition) is 6. The predicted molar refractivity (Wildman–Crippen MR) is 161 cm³/mol. The summed E-state index contributed by atoms with van der Waals surface area (Å²) in [6.07, 6.45) is 3.34. The molecule has 1 atom stereocenters. The average Bonchev–Trinajstić information content (AvgIpc) is 3.19. The van der Waals surface area contributed by atoms with Crippen LogP contribution in [0.3, 0.4) is 0 Å². The number of carbonyl (C=O) groups excluding carboxylic acids is 4. The first-order valence-electron chi connectivity index (χ1n) is 14.9. The van der Waals surface area contributed by atoms with Gasteiger partial charge in [-0.25, -0.2) is 4.39 Å². The number of allylic oxidation sites excluding steroid dienone is 1. The van der Waals surface area contributed by atoms with Crippen LogP contribution in [0.4, 0.5) is 4.39 Å². The van der Waals surface area contributed by atoms with Gasteiger partial charge in [0.15, 0.2) is 0 Å². The van der Waals surface area contributed by atoms with Gasteiger partial charge in [-0.05, 0) is 66.5 Å². The fourth-order valence-electron chi connectivity index (χ4n) is 6.74. The molecule has 4 aliphatic rings. The summed E-state index contributed by atoms with van der Waals surface area (Å²) < 4.78 is 15.2. The zero-order chi connectivity index (χ0) is 30.5. The number of nitrogens with one attached hydrogen (secondary N) is 1. The van der Waals surface area contributed by atoms with Gasteiger partial charge in [0, 0.05) is 56.3 Å². The smallest absolute Gasteiger partial charge is 0.262 e. The molecule has 3 heterocycles. The van der Waals surface area contributed by atoms with Crippen LogP contribution in [0.15, 0.2) is 42.0 Å². The van der Waals surface area contributed by atoms with E-state index in [1.807, 2.05) is 12.1 Å². The fourth-order valence-corrected chi connectivity index (χ4v) is 6.86. The van der Waals surface area contributed by atoms with Crippen molar-refractivity contribution in [3.63, 3.8) is 0 Å². The van der Waals surface area contributed by atoms with Crippen LogP contribution in [0.1, 0.15) is 77.8 Å². The van der Waals surface area contributed by atoms with Gasteiger partial charge in [0.05, 0.1) is 11.1 Å². The summed E-state index contributed by atoms with van der Waals surface area (Å²) in [5.41, 5.74) is 4.79. The summed E-state index contributed by atoms with van der Waals surface area (Å²) in [7, 11) is 0. The standard InChI is InChI=1S/C33H36ClFN4O4/c1-33(2)10-9-21(26(17-33)20-3-5-23(34)6-4-20)18-37-11-13-38(14-12-37)19-22-15-24-25(16-27(22)35)32(43)39(31(24)42)28-7-8-29(40)36-30(28)41/h3-6,15-16,28H,7-14,17-19H2,1-2H3,(H,36,40,41). The first-order chi connectivity index (χ1) is 20.5. The first kappa shape index (κ1) is 29.7. The van der Waals surface area contributed by atoms with E-state index < -0.39 is 35.5 Å². The molecule has 2 fully saturated rings. The summed E-state index contributed by atoms with van der Waals surface area (Å²) in [6, 6.07) is 9.63. The minimum Gasteiger partial charge on any atom is -0.297 e. The van der Waals surface area contributed by atoms with Crippen molar-refractivity contribution in [2.45, 2.75) is 58.5 Å². The lowest BCUT2D eigenvalue weighted by molar-refractivity contribution is -0.136. The number of fused-ring (bicyclic) bond motifs is 1. The summed E-state index contributed by atoms with van der Waals surface area (Å²) in [6.45, 7) is 9.06. The zero-order valence-corrected chi connectivity index (χ0v) is 25.3. The summed E-state index contributed by atoms with van der Waals surface area (Å²) >= 11 is 6.16. The van der Waals surface area contributed by atoms with Gasteiger partial charge in [0.25, 0.3) is 11.8 Å². The van der Waals surface area contributed by atoms with E-state index in [1.165, 1.54) is 22.8 Å². The normalized spacial score (nSPS) is 23.2. The van der Waals surface area contributed by atoms with Gasteiger partial charge in [0.1, 0.15) is 11.9 Å². The zero-order valence-electron chi connectivity index (χ0n) is 24.6. The van der Waals surface area contributed by atoms with E-state index >= 15 is 4.39 Å². The lowest BCUT2D eigenvalue weighted by Gasteiger charge is -2.38. The van der Waals surface area contributed by atoms with E-state index in [2.05, 4.69) is 41.1 Å². The summed E-state index contributed by atoms with van der Waals surface area (Å²) in [4.78, 5) is 55.6. The Bertz CT molecular complexity index is 1530. The molecule has 0 spiro atoms. The maximum Gasteiger partial charge on any atom is 0.262 e. The molecule has 0 bridgehead atoms. The van der Waals surface area contributed by atoms with Crippen molar-refractivity contribution in [2.24, 2.45) is 5.41 Å². The van der Waals surface area contributed by atoms with Crippen molar-refractivity contribution < 1.29 is 23.6 Å².